The van der Waals surface area contributed by atoms with Crippen LogP contribution in [0, 0.1) is 5.92 Å². The zero-order valence-electron chi connectivity index (χ0n) is 13.3. The van der Waals surface area contributed by atoms with Gasteiger partial charge >= 0.3 is 0 Å². The average Bonchev–Trinajstić information content (AvgIpc) is 2.50. The summed E-state index contributed by atoms with van der Waals surface area (Å²) < 4.78 is 5.10. The van der Waals surface area contributed by atoms with Gasteiger partial charge in [0.05, 0.1) is 18.9 Å². The highest BCUT2D eigenvalue weighted by molar-refractivity contribution is 5.76. The number of amides is 1. The number of rotatable bonds is 8. The van der Waals surface area contributed by atoms with Gasteiger partial charge in [-0.05, 0) is 30.9 Å². The van der Waals surface area contributed by atoms with Crippen molar-refractivity contribution in [2.75, 3.05) is 13.7 Å². The van der Waals surface area contributed by atoms with Gasteiger partial charge < -0.3 is 15.2 Å². The van der Waals surface area contributed by atoms with Crippen molar-refractivity contribution in [3.8, 4) is 5.75 Å². The quantitative estimate of drug-likeness (QED) is 0.768. The SMILES string of the molecule is CCC(C)C(C)(O)CNC(=O)CCc1cncc(OC)c1. The molecule has 0 spiro atoms. The number of carbonyl (C=O) groups excluding carboxylic acids is 1. The Morgan fingerprint density at radius 2 is 2.24 bits per heavy atom. The number of aryl methyl sites for hydroxylation is 1. The molecule has 0 aliphatic carbocycles. The lowest BCUT2D eigenvalue weighted by molar-refractivity contribution is -0.122. The summed E-state index contributed by atoms with van der Waals surface area (Å²) in [7, 11) is 1.59. The monoisotopic (exact) mass is 294 g/mol. The Kier molecular flexibility index (Phi) is 6.62. The topological polar surface area (TPSA) is 71.5 Å². The standard InChI is InChI=1S/C16H26N2O3/c1-5-12(2)16(3,20)11-18-15(19)7-6-13-8-14(21-4)10-17-9-13/h8-10,12,20H,5-7,11H2,1-4H3,(H,18,19). The average molecular weight is 294 g/mol. The number of methoxy groups -OCH3 is 1. The van der Waals surface area contributed by atoms with Crippen LogP contribution in [0.5, 0.6) is 5.75 Å². The molecule has 0 fully saturated rings. The van der Waals surface area contributed by atoms with Crippen molar-refractivity contribution in [2.24, 2.45) is 5.92 Å². The van der Waals surface area contributed by atoms with Crippen LogP contribution in [0.4, 0.5) is 0 Å². The second-order valence-electron chi connectivity index (χ2n) is 5.68. The fraction of sp³-hybridized carbons (Fsp3) is 0.625. The van der Waals surface area contributed by atoms with Crippen molar-refractivity contribution in [1.82, 2.24) is 10.3 Å². The summed E-state index contributed by atoms with van der Waals surface area (Å²) in [5, 5.41) is 13.0. The van der Waals surface area contributed by atoms with Crippen LogP contribution in [0.3, 0.4) is 0 Å². The number of carbonyl (C=O) groups is 1. The van der Waals surface area contributed by atoms with E-state index in [0.717, 1.165) is 12.0 Å². The van der Waals surface area contributed by atoms with Crippen LogP contribution in [0.15, 0.2) is 18.5 Å². The molecule has 1 heterocycles. The zero-order valence-corrected chi connectivity index (χ0v) is 13.3. The van der Waals surface area contributed by atoms with Gasteiger partial charge in [0.1, 0.15) is 5.75 Å². The van der Waals surface area contributed by atoms with Crippen molar-refractivity contribution in [2.45, 2.75) is 45.6 Å². The molecule has 21 heavy (non-hydrogen) atoms. The van der Waals surface area contributed by atoms with E-state index in [-0.39, 0.29) is 18.4 Å². The van der Waals surface area contributed by atoms with E-state index in [9.17, 15) is 9.90 Å². The largest absolute Gasteiger partial charge is 0.495 e. The summed E-state index contributed by atoms with van der Waals surface area (Å²) in [5.74, 6) is 0.759. The third kappa shape index (κ3) is 5.71. The second kappa shape index (κ2) is 7.98. The fourth-order valence-electron chi connectivity index (χ4n) is 1.95. The first-order valence-corrected chi connectivity index (χ1v) is 7.36. The number of aromatic nitrogens is 1. The van der Waals surface area contributed by atoms with Gasteiger partial charge in [-0.1, -0.05) is 20.3 Å². The van der Waals surface area contributed by atoms with Gasteiger partial charge in [-0.2, -0.15) is 0 Å². The highest BCUT2D eigenvalue weighted by atomic mass is 16.5. The minimum absolute atomic E-state index is 0.0682. The van der Waals surface area contributed by atoms with Gasteiger partial charge in [-0.3, -0.25) is 9.78 Å². The van der Waals surface area contributed by atoms with Gasteiger partial charge in [-0.25, -0.2) is 0 Å². The first-order valence-electron chi connectivity index (χ1n) is 7.36. The Hall–Kier alpha value is -1.62. The first kappa shape index (κ1) is 17.4. The van der Waals surface area contributed by atoms with Crippen molar-refractivity contribution >= 4 is 5.91 Å². The Morgan fingerprint density at radius 3 is 2.86 bits per heavy atom. The number of nitrogens with one attached hydrogen (secondary N) is 1. The minimum Gasteiger partial charge on any atom is -0.495 e. The molecule has 1 amide bonds. The minimum atomic E-state index is -0.873. The molecule has 1 rings (SSSR count). The van der Waals surface area contributed by atoms with Gasteiger partial charge in [0.2, 0.25) is 5.91 Å². The van der Waals surface area contributed by atoms with Gasteiger partial charge in [-0.15, -0.1) is 0 Å². The van der Waals surface area contributed by atoms with Crippen molar-refractivity contribution in [3.63, 3.8) is 0 Å². The molecule has 118 valence electrons. The molecule has 1 aromatic rings. The van der Waals surface area contributed by atoms with Crippen LogP contribution in [0.1, 0.15) is 39.2 Å². The predicted molar refractivity (Wildman–Crippen MR) is 82.2 cm³/mol. The summed E-state index contributed by atoms with van der Waals surface area (Å²) in [5.41, 5.74) is 0.0836. The molecule has 0 saturated carbocycles. The number of ether oxygens (including phenoxy) is 1. The maximum Gasteiger partial charge on any atom is 0.220 e. The lowest BCUT2D eigenvalue weighted by atomic mass is 9.88. The number of hydrogen-bond acceptors (Lipinski definition) is 4. The number of aliphatic hydroxyl groups is 1. The number of nitrogens with zero attached hydrogens (tertiary/aromatic N) is 1. The van der Waals surface area contributed by atoms with E-state index in [1.165, 1.54) is 0 Å². The van der Waals surface area contributed by atoms with Gasteiger partial charge in [0, 0.05) is 19.2 Å². The van der Waals surface area contributed by atoms with E-state index in [1.807, 2.05) is 19.9 Å². The van der Waals surface area contributed by atoms with Crippen LogP contribution in [-0.2, 0) is 11.2 Å². The Balaban J connectivity index is 2.40. The maximum atomic E-state index is 11.9. The molecule has 5 heteroatoms. The van der Waals surface area contributed by atoms with Crippen molar-refractivity contribution in [3.05, 3.63) is 24.0 Å². The van der Waals surface area contributed by atoms with Crippen LogP contribution >= 0.6 is 0 Å². The van der Waals surface area contributed by atoms with E-state index in [0.29, 0.717) is 18.6 Å². The number of hydrogen-bond donors (Lipinski definition) is 2. The summed E-state index contributed by atoms with van der Waals surface area (Å²) in [6, 6.07) is 1.87. The highest BCUT2D eigenvalue weighted by Crippen LogP contribution is 2.19. The fourth-order valence-corrected chi connectivity index (χ4v) is 1.95. The first-order chi connectivity index (χ1) is 9.89. The van der Waals surface area contributed by atoms with Crippen LogP contribution in [0.2, 0.25) is 0 Å². The normalized spacial score (nSPS) is 15.1. The molecule has 5 nitrogen and oxygen atoms in total. The van der Waals surface area contributed by atoms with E-state index in [4.69, 9.17) is 4.74 Å². The Morgan fingerprint density at radius 1 is 1.52 bits per heavy atom. The van der Waals surface area contributed by atoms with Crippen molar-refractivity contribution in [1.29, 1.82) is 0 Å². The molecule has 0 saturated heterocycles. The van der Waals surface area contributed by atoms with E-state index >= 15 is 0 Å². The lowest BCUT2D eigenvalue weighted by Gasteiger charge is -2.29. The summed E-state index contributed by atoms with van der Waals surface area (Å²) in [4.78, 5) is 15.9. The van der Waals surface area contributed by atoms with E-state index in [1.54, 1.807) is 26.4 Å². The van der Waals surface area contributed by atoms with Crippen molar-refractivity contribution < 1.29 is 14.6 Å². The summed E-state index contributed by atoms with van der Waals surface area (Å²) in [6.45, 7) is 6.04. The van der Waals surface area contributed by atoms with Gasteiger partial charge in [0.15, 0.2) is 0 Å². The Labute approximate surface area is 126 Å². The molecule has 2 atom stereocenters. The lowest BCUT2D eigenvalue weighted by Crippen LogP contribution is -2.45. The van der Waals surface area contributed by atoms with Gasteiger partial charge in [0.25, 0.3) is 0 Å². The molecule has 1 aromatic heterocycles. The third-order valence-corrected chi connectivity index (χ3v) is 3.96. The number of pyridine rings is 1. The molecule has 0 bridgehead atoms. The molecule has 0 radical (unpaired) electrons. The van der Waals surface area contributed by atoms with Crippen LogP contribution in [-0.4, -0.2) is 35.3 Å². The molecule has 2 N–H and O–H groups in total. The molecule has 0 aromatic carbocycles. The molecule has 0 aliphatic rings. The second-order valence-corrected chi connectivity index (χ2v) is 5.68. The molecular formula is C16H26N2O3. The zero-order chi connectivity index (χ0) is 15.9. The predicted octanol–water partition coefficient (Wildman–Crippen LogP) is 1.94. The molecule has 0 aliphatic heterocycles. The summed E-state index contributed by atoms with van der Waals surface area (Å²) >= 11 is 0. The maximum absolute atomic E-state index is 11.9. The van der Waals surface area contributed by atoms with Crippen LogP contribution in [0.25, 0.3) is 0 Å². The van der Waals surface area contributed by atoms with E-state index in [2.05, 4.69) is 10.3 Å². The Bertz CT molecular complexity index is 461. The van der Waals surface area contributed by atoms with Crippen LogP contribution < -0.4 is 10.1 Å². The summed E-state index contributed by atoms with van der Waals surface area (Å²) in [6.07, 6.45) is 5.20. The smallest absolute Gasteiger partial charge is 0.220 e. The highest BCUT2D eigenvalue weighted by Gasteiger charge is 2.27. The molecule has 2 unspecified atom stereocenters. The third-order valence-electron chi connectivity index (χ3n) is 3.96. The molecular weight excluding hydrogens is 268 g/mol. The van der Waals surface area contributed by atoms with E-state index < -0.39 is 5.60 Å².